The Morgan fingerprint density at radius 2 is 1.88 bits per heavy atom. The summed E-state index contributed by atoms with van der Waals surface area (Å²) in [5.41, 5.74) is 3.41. The molecule has 0 unspecified atom stereocenters. The lowest BCUT2D eigenvalue weighted by molar-refractivity contribution is 0.475. The molecule has 4 N–H and O–H groups in total. The number of fused-ring (bicyclic) bond motifs is 1. The van der Waals surface area contributed by atoms with Gasteiger partial charge in [-0.3, -0.25) is 0 Å². The number of hydrogen-bond donors (Lipinski definition) is 4. The van der Waals surface area contributed by atoms with E-state index in [4.69, 9.17) is 0 Å². The lowest BCUT2D eigenvalue weighted by Crippen LogP contribution is -2.15. The van der Waals surface area contributed by atoms with E-state index in [1.165, 1.54) is 0 Å². The van der Waals surface area contributed by atoms with Crippen LogP contribution in [0.4, 0.5) is 5.82 Å². The van der Waals surface area contributed by atoms with Gasteiger partial charge in [0.15, 0.2) is 0 Å². The number of rotatable bonds is 5. The highest BCUT2D eigenvalue weighted by Crippen LogP contribution is 2.23. The maximum Gasteiger partial charge on any atom is 0.347 e. The summed E-state index contributed by atoms with van der Waals surface area (Å²) in [6.07, 6.45) is 2.65. The number of aromatic amines is 2. The van der Waals surface area contributed by atoms with Crippen LogP contribution in [0.15, 0.2) is 65.6 Å². The molecule has 0 fully saturated rings. The standard InChI is InChI=1S/C20H18N4O2/c25-16-4-1-13(2-5-16)7-9-22-19-12-18(23-20(26)24-19)14-3-6-17-15(11-14)8-10-21-17/h1-6,8,10-12,21,25H,7,9H2,(H2,22,23,24,26). The van der Waals surface area contributed by atoms with E-state index >= 15 is 0 Å². The van der Waals surface area contributed by atoms with Crippen LogP contribution in [-0.2, 0) is 6.42 Å². The van der Waals surface area contributed by atoms with Crippen molar-refractivity contribution in [2.45, 2.75) is 6.42 Å². The Bertz CT molecular complexity index is 1100. The number of phenols is 1. The molecule has 4 rings (SSSR count). The smallest absolute Gasteiger partial charge is 0.347 e. The summed E-state index contributed by atoms with van der Waals surface area (Å²) in [4.78, 5) is 21.9. The molecule has 0 atom stereocenters. The minimum absolute atomic E-state index is 0.252. The molecule has 0 bridgehead atoms. The van der Waals surface area contributed by atoms with Gasteiger partial charge < -0.3 is 20.4 Å². The fraction of sp³-hybridized carbons (Fsp3) is 0.100. The molecule has 0 saturated heterocycles. The van der Waals surface area contributed by atoms with E-state index in [1.807, 2.05) is 48.7 Å². The quantitative estimate of drug-likeness (QED) is 0.446. The van der Waals surface area contributed by atoms with Gasteiger partial charge in [0.05, 0.1) is 5.69 Å². The Morgan fingerprint density at radius 3 is 2.73 bits per heavy atom. The molecule has 0 spiro atoms. The largest absolute Gasteiger partial charge is 0.508 e. The number of aromatic hydroxyl groups is 1. The second kappa shape index (κ2) is 6.76. The van der Waals surface area contributed by atoms with Crippen molar-refractivity contribution in [1.29, 1.82) is 0 Å². The van der Waals surface area contributed by atoms with Crippen molar-refractivity contribution in [3.8, 4) is 17.0 Å². The number of nitrogens with zero attached hydrogens (tertiary/aromatic N) is 1. The Hall–Kier alpha value is -3.54. The first-order chi connectivity index (χ1) is 12.7. The molecule has 0 amide bonds. The Balaban J connectivity index is 1.52. The third-order valence-electron chi connectivity index (χ3n) is 4.27. The summed E-state index contributed by atoms with van der Waals surface area (Å²) < 4.78 is 0. The van der Waals surface area contributed by atoms with Gasteiger partial charge in [0, 0.05) is 29.7 Å². The predicted molar refractivity (Wildman–Crippen MR) is 102 cm³/mol. The van der Waals surface area contributed by atoms with Crippen LogP contribution in [0, 0.1) is 0 Å². The van der Waals surface area contributed by atoms with Crippen LogP contribution in [-0.4, -0.2) is 26.6 Å². The molecule has 2 aromatic carbocycles. The summed E-state index contributed by atoms with van der Waals surface area (Å²) in [6, 6.07) is 16.9. The highest BCUT2D eigenvalue weighted by molar-refractivity contribution is 5.84. The first-order valence-electron chi connectivity index (χ1n) is 8.38. The van der Waals surface area contributed by atoms with E-state index in [0.717, 1.165) is 34.1 Å². The van der Waals surface area contributed by atoms with Crippen LogP contribution in [0.1, 0.15) is 5.56 Å². The molecule has 26 heavy (non-hydrogen) atoms. The molecule has 0 radical (unpaired) electrons. The van der Waals surface area contributed by atoms with Crippen molar-refractivity contribution >= 4 is 16.7 Å². The van der Waals surface area contributed by atoms with Crippen molar-refractivity contribution < 1.29 is 5.11 Å². The molecular weight excluding hydrogens is 328 g/mol. The van der Waals surface area contributed by atoms with Gasteiger partial charge in [0.25, 0.3) is 0 Å². The van der Waals surface area contributed by atoms with Crippen molar-refractivity contribution in [1.82, 2.24) is 15.0 Å². The lowest BCUT2D eigenvalue weighted by atomic mass is 10.1. The van der Waals surface area contributed by atoms with E-state index < -0.39 is 0 Å². The molecule has 2 heterocycles. The van der Waals surface area contributed by atoms with E-state index in [-0.39, 0.29) is 11.4 Å². The van der Waals surface area contributed by atoms with E-state index in [0.29, 0.717) is 12.4 Å². The van der Waals surface area contributed by atoms with Gasteiger partial charge in [-0.15, -0.1) is 0 Å². The van der Waals surface area contributed by atoms with Crippen LogP contribution in [0.3, 0.4) is 0 Å². The highest BCUT2D eigenvalue weighted by Gasteiger charge is 2.05. The number of anilines is 1. The van der Waals surface area contributed by atoms with Crippen LogP contribution in [0.5, 0.6) is 5.75 Å². The van der Waals surface area contributed by atoms with Gasteiger partial charge in [-0.2, -0.15) is 4.98 Å². The summed E-state index contributed by atoms with van der Waals surface area (Å²) >= 11 is 0. The molecule has 2 aromatic heterocycles. The SMILES string of the molecule is O=c1nc(NCCc2ccc(O)cc2)cc(-c2ccc3[nH]ccc3c2)[nH]1. The van der Waals surface area contributed by atoms with Crippen molar-refractivity contribution in [3.63, 3.8) is 0 Å². The summed E-state index contributed by atoms with van der Waals surface area (Å²) in [5, 5.41) is 13.6. The number of phenolic OH excluding ortho intramolecular Hbond substituents is 1. The monoisotopic (exact) mass is 346 g/mol. The number of benzene rings is 2. The second-order valence-electron chi connectivity index (χ2n) is 6.11. The van der Waals surface area contributed by atoms with Crippen LogP contribution in [0.2, 0.25) is 0 Å². The minimum atomic E-state index is -0.385. The topological polar surface area (TPSA) is 93.8 Å². The molecule has 130 valence electrons. The normalized spacial score (nSPS) is 10.9. The summed E-state index contributed by atoms with van der Waals surface area (Å²) in [5.74, 6) is 0.790. The third-order valence-corrected chi connectivity index (χ3v) is 4.27. The number of hydrogen-bond acceptors (Lipinski definition) is 4. The average Bonchev–Trinajstić information content (AvgIpc) is 3.11. The predicted octanol–water partition coefficient (Wildman–Crippen LogP) is 3.28. The van der Waals surface area contributed by atoms with Gasteiger partial charge in [-0.25, -0.2) is 4.79 Å². The maximum absolute atomic E-state index is 11.9. The zero-order valence-electron chi connectivity index (χ0n) is 14.0. The highest BCUT2D eigenvalue weighted by atomic mass is 16.3. The molecule has 0 aliphatic heterocycles. The van der Waals surface area contributed by atoms with Gasteiger partial charge in [-0.05, 0) is 47.9 Å². The fourth-order valence-electron chi connectivity index (χ4n) is 2.92. The minimum Gasteiger partial charge on any atom is -0.508 e. The lowest BCUT2D eigenvalue weighted by Gasteiger charge is -2.08. The molecule has 6 nitrogen and oxygen atoms in total. The van der Waals surface area contributed by atoms with Crippen molar-refractivity contribution in [2.75, 3.05) is 11.9 Å². The fourth-order valence-corrected chi connectivity index (χ4v) is 2.92. The van der Waals surface area contributed by atoms with Crippen molar-refractivity contribution in [2.24, 2.45) is 0 Å². The molecular formula is C20H18N4O2. The second-order valence-corrected chi connectivity index (χ2v) is 6.11. The number of aromatic nitrogens is 3. The van der Waals surface area contributed by atoms with Gasteiger partial charge in [0.2, 0.25) is 0 Å². The molecule has 0 aliphatic carbocycles. The maximum atomic E-state index is 11.9. The Kier molecular flexibility index (Phi) is 4.15. The van der Waals surface area contributed by atoms with Crippen LogP contribution >= 0.6 is 0 Å². The zero-order valence-corrected chi connectivity index (χ0v) is 14.0. The first-order valence-corrected chi connectivity index (χ1v) is 8.38. The molecule has 4 aromatic rings. The third kappa shape index (κ3) is 3.44. The van der Waals surface area contributed by atoms with Crippen LogP contribution in [0.25, 0.3) is 22.2 Å². The molecule has 0 saturated carbocycles. The van der Waals surface area contributed by atoms with Gasteiger partial charge in [-0.1, -0.05) is 18.2 Å². The Labute approximate surface area is 149 Å². The van der Waals surface area contributed by atoms with Gasteiger partial charge >= 0.3 is 5.69 Å². The van der Waals surface area contributed by atoms with E-state index in [9.17, 15) is 9.90 Å². The van der Waals surface area contributed by atoms with Gasteiger partial charge in [0.1, 0.15) is 11.6 Å². The molecule has 0 aliphatic rings. The zero-order chi connectivity index (χ0) is 17.9. The van der Waals surface area contributed by atoms with Crippen LogP contribution < -0.4 is 11.0 Å². The average molecular weight is 346 g/mol. The first kappa shape index (κ1) is 16.0. The summed E-state index contributed by atoms with van der Waals surface area (Å²) in [6.45, 7) is 0.636. The number of H-pyrrole nitrogens is 2. The van der Waals surface area contributed by atoms with E-state index in [2.05, 4.69) is 20.3 Å². The number of nitrogens with one attached hydrogen (secondary N) is 3. The van der Waals surface area contributed by atoms with E-state index in [1.54, 1.807) is 12.1 Å². The Morgan fingerprint density at radius 1 is 1.04 bits per heavy atom. The molecule has 6 heteroatoms. The summed E-state index contributed by atoms with van der Waals surface area (Å²) in [7, 11) is 0. The van der Waals surface area contributed by atoms with Crippen molar-refractivity contribution in [3.05, 3.63) is 76.8 Å².